The van der Waals surface area contributed by atoms with Gasteiger partial charge < -0.3 is 30.5 Å². The fourth-order valence-electron chi connectivity index (χ4n) is 4.05. The second-order valence-corrected chi connectivity index (χ2v) is 8.52. The molecule has 3 rings (SSSR count). The summed E-state index contributed by atoms with van der Waals surface area (Å²) in [5.74, 6) is -0.629. The average Bonchev–Trinajstić information content (AvgIpc) is 2.90. The molecule has 0 atom stereocenters. The maximum absolute atomic E-state index is 12.7. The topological polar surface area (TPSA) is 156 Å². The van der Waals surface area contributed by atoms with Gasteiger partial charge in [-0.3, -0.25) is 14.6 Å². The van der Waals surface area contributed by atoms with Crippen molar-refractivity contribution in [2.24, 2.45) is 16.6 Å². The second-order valence-electron chi connectivity index (χ2n) is 8.52. The lowest BCUT2D eigenvalue weighted by Crippen LogP contribution is -2.41. The van der Waals surface area contributed by atoms with Crippen molar-refractivity contribution in [3.63, 3.8) is 0 Å². The number of carboxylic acids is 1. The normalized spacial score (nSPS) is 14.2. The van der Waals surface area contributed by atoms with Gasteiger partial charge in [0, 0.05) is 49.1 Å². The molecule has 2 heterocycles. The number of piperidine rings is 1. The summed E-state index contributed by atoms with van der Waals surface area (Å²) in [7, 11) is 0. The van der Waals surface area contributed by atoms with Crippen molar-refractivity contribution >= 4 is 29.5 Å². The van der Waals surface area contributed by atoms with Crippen molar-refractivity contribution in [3.05, 3.63) is 53.9 Å². The number of rotatable bonds is 11. The van der Waals surface area contributed by atoms with E-state index in [-0.39, 0.29) is 43.7 Å². The zero-order chi connectivity index (χ0) is 26.6. The third kappa shape index (κ3) is 8.48. The maximum atomic E-state index is 12.7. The number of benzene rings is 1. The van der Waals surface area contributed by atoms with Gasteiger partial charge in [0.15, 0.2) is 0 Å². The number of anilines is 1. The molecule has 11 nitrogen and oxygen atoms in total. The first-order valence-electron chi connectivity index (χ1n) is 12.3. The summed E-state index contributed by atoms with van der Waals surface area (Å²) in [6.45, 7) is 3.91. The number of aliphatic carboxylic acids is 1. The molecule has 1 aromatic carbocycles. The smallest absolute Gasteiger partial charge is 0.435 e. The van der Waals surface area contributed by atoms with Crippen LogP contribution in [0.2, 0.25) is 0 Å². The number of carbonyl (C=O) groups excluding carboxylic acids is 2. The van der Waals surface area contributed by atoms with Gasteiger partial charge >= 0.3 is 12.1 Å². The van der Waals surface area contributed by atoms with Gasteiger partial charge in [-0.05, 0) is 49.9 Å². The molecule has 1 aliphatic rings. The number of nitrogens with one attached hydrogen (secondary N) is 1. The first-order valence-corrected chi connectivity index (χ1v) is 12.3. The number of ether oxygens (including phenoxy) is 2. The minimum absolute atomic E-state index is 0.0105. The molecule has 4 N–H and O–H groups in total. The van der Waals surface area contributed by atoms with E-state index in [9.17, 15) is 14.4 Å². The summed E-state index contributed by atoms with van der Waals surface area (Å²) in [6, 6.07) is 8.87. The molecular weight excluding hydrogens is 478 g/mol. The Morgan fingerprint density at radius 1 is 1.19 bits per heavy atom. The summed E-state index contributed by atoms with van der Waals surface area (Å²) >= 11 is 0. The number of carbonyl (C=O) groups is 3. The van der Waals surface area contributed by atoms with E-state index in [0.29, 0.717) is 23.4 Å². The zero-order valence-electron chi connectivity index (χ0n) is 20.9. The summed E-state index contributed by atoms with van der Waals surface area (Å²) in [6.07, 6.45) is 4.42. The van der Waals surface area contributed by atoms with Crippen LogP contribution in [0.25, 0.3) is 0 Å². The van der Waals surface area contributed by atoms with E-state index < -0.39 is 12.1 Å². The van der Waals surface area contributed by atoms with Crippen molar-refractivity contribution in [1.82, 2.24) is 10.3 Å². The van der Waals surface area contributed by atoms with Crippen molar-refractivity contribution in [1.29, 1.82) is 0 Å². The van der Waals surface area contributed by atoms with Crippen LogP contribution in [0, 0.1) is 5.92 Å². The van der Waals surface area contributed by atoms with E-state index >= 15 is 0 Å². The summed E-state index contributed by atoms with van der Waals surface area (Å²) in [4.78, 5) is 45.3. The summed E-state index contributed by atoms with van der Waals surface area (Å²) < 4.78 is 10.7. The van der Waals surface area contributed by atoms with Crippen LogP contribution in [-0.2, 0) is 20.7 Å². The van der Waals surface area contributed by atoms with Crippen molar-refractivity contribution < 1.29 is 29.0 Å². The van der Waals surface area contributed by atoms with Gasteiger partial charge in [0.25, 0.3) is 0 Å². The number of carboxylic acid groups (broad SMARTS) is 1. The Morgan fingerprint density at radius 2 is 1.92 bits per heavy atom. The second kappa shape index (κ2) is 13.8. The average molecular weight is 512 g/mol. The molecule has 0 radical (unpaired) electrons. The quantitative estimate of drug-likeness (QED) is 0.234. The van der Waals surface area contributed by atoms with Crippen LogP contribution in [0.1, 0.15) is 37.3 Å². The monoisotopic (exact) mass is 511 g/mol. The van der Waals surface area contributed by atoms with Gasteiger partial charge in [-0.15, -0.1) is 0 Å². The van der Waals surface area contributed by atoms with Gasteiger partial charge in [-0.1, -0.05) is 12.1 Å². The maximum Gasteiger partial charge on any atom is 0.435 e. The van der Waals surface area contributed by atoms with Crippen LogP contribution in [0.5, 0.6) is 5.75 Å². The largest absolute Gasteiger partial charge is 0.491 e. The number of hydrogen-bond donors (Lipinski definition) is 3. The van der Waals surface area contributed by atoms with Crippen molar-refractivity contribution in [3.8, 4) is 5.75 Å². The Kier molecular flexibility index (Phi) is 10.2. The third-order valence-electron chi connectivity index (χ3n) is 6.00. The van der Waals surface area contributed by atoms with Gasteiger partial charge in [-0.25, -0.2) is 4.79 Å². The van der Waals surface area contributed by atoms with Gasteiger partial charge in [0.1, 0.15) is 18.2 Å². The number of hydrogen-bond acceptors (Lipinski definition) is 7. The molecule has 0 unspecified atom stereocenters. The Morgan fingerprint density at radius 3 is 2.59 bits per heavy atom. The lowest BCUT2D eigenvalue weighted by Gasteiger charge is -2.32. The van der Waals surface area contributed by atoms with Gasteiger partial charge in [0.2, 0.25) is 5.91 Å². The van der Waals surface area contributed by atoms with Gasteiger partial charge in [-0.2, -0.15) is 4.99 Å². The van der Waals surface area contributed by atoms with Crippen molar-refractivity contribution in [2.75, 3.05) is 37.7 Å². The van der Waals surface area contributed by atoms with Crippen LogP contribution in [0.3, 0.4) is 0 Å². The number of amidine groups is 1. The molecule has 1 fully saturated rings. The standard InChI is InChI=1S/C26H33N5O6/c1-2-36-26(35)30-24(27)20-4-3-18(5-6-23(32)33)22(17-20)37-16-13-29-25(34)19-9-14-31(15-10-19)21-7-11-28-12-8-21/h3-4,7-8,11-12,17,19H,2,5-6,9-10,13-16H2,1H3,(H,29,34)(H,32,33)(H2,27,30,35). The highest BCUT2D eigenvalue weighted by Gasteiger charge is 2.25. The summed E-state index contributed by atoms with van der Waals surface area (Å²) in [5.41, 5.74) is 8.14. The molecule has 1 saturated heterocycles. The van der Waals surface area contributed by atoms with E-state index in [1.54, 1.807) is 37.5 Å². The molecule has 11 heteroatoms. The van der Waals surface area contributed by atoms with Crippen LogP contribution in [0.15, 0.2) is 47.7 Å². The number of amides is 2. The molecule has 0 aliphatic carbocycles. The molecular formula is C26H33N5O6. The minimum atomic E-state index is -0.930. The fraction of sp³-hybridized carbons (Fsp3) is 0.423. The molecule has 2 aromatic rings. The number of aliphatic imine (C=N–C) groups is 1. The SMILES string of the molecule is CCOC(=O)N=C(N)c1ccc(CCC(=O)O)c(OCCNC(=O)C2CCN(c3ccncc3)CC2)c1. The van der Waals surface area contributed by atoms with E-state index in [4.69, 9.17) is 20.3 Å². The lowest BCUT2D eigenvalue weighted by molar-refractivity contribution is -0.137. The first kappa shape index (κ1) is 27.4. The van der Waals surface area contributed by atoms with E-state index in [1.807, 2.05) is 12.1 Å². The Bertz CT molecular complexity index is 1100. The molecule has 1 aliphatic heterocycles. The van der Waals surface area contributed by atoms with E-state index in [1.165, 1.54) is 0 Å². The minimum Gasteiger partial charge on any atom is -0.491 e. The molecule has 0 spiro atoms. The van der Waals surface area contributed by atoms with E-state index in [0.717, 1.165) is 31.6 Å². The Hall–Kier alpha value is -4.15. The first-order chi connectivity index (χ1) is 17.9. The molecule has 1 aromatic heterocycles. The van der Waals surface area contributed by atoms with Crippen LogP contribution >= 0.6 is 0 Å². The number of pyridine rings is 1. The Balaban J connectivity index is 1.53. The van der Waals surface area contributed by atoms with E-state index in [2.05, 4.69) is 20.2 Å². The van der Waals surface area contributed by atoms with Crippen LogP contribution in [0.4, 0.5) is 10.5 Å². The molecule has 0 saturated carbocycles. The fourth-order valence-corrected chi connectivity index (χ4v) is 4.05. The zero-order valence-corrected chi connectivity index (χ0v) is 20.9. The molecule has 37 heavy (non-hydrogen) atoms. The number of aromatic nitrogens is 1. The third-order valence-corrected chi connectivity index (χ3v) is 6.00. The Labute approximate surface area is 215 Å². The predicted octanol–water partition coefficient (Wildman–Crippen LogP) is 2.37. The molecule has 0 bridgehead atoms. The predicted molar refractivity (Wildman–Crippen MR) is 138 cm³/mol. The van der Waals surface area contributed by atoms with Crippen LogP contribution < -0.4 is 20.7 Å². The molecule has 198 valence electrons. The highest BCUT2D eigenvalue weighted by molar-refractivity contribution is 6.03. The number of nitrogens with zero attached hydrogens (tertiary/aromatic N) is 3. The highest BCUT2D eigenvalue weighted by Crippen LogP contribution is 2.24. The van der Waals surface area contributed by atoms with Crippen LogP contribution in [-0.4, -0.2) is 66.7 Å². The lowest BCUT2D eigenvalue weighted by atomic mass is 9.95. The summed E-state index contributed by atoms with van der Waals surface area (Å²) in [5, 5.41) is 12.0. The van der Waals surface area contributed by atoms with Crippen molar-refractivity contribution in [2.45, 2.75) is 32.6 Å². The molecule has 2 amide bonds. The number of aryl methyl sites for hydroxylation is 1. The van der Waals surface area contributed by atoms with Gasteiger partial charge in [0.05, 0.1) is 13.2 Å². The highest BCUT2D eigenvalue weighted by atomic mass is 16.5. The number of nitrogens with two attached hydrogens (primary N) is 1.